The summed E-state index contributed by atoms with van der Waals surface area (Å²) >= 11 is 1.90. The minimum Gasteiger partial charge on any atom is -0.351 e. The van der Waals surface area contributed by atoms with Crippen LogP contribution in [0.1, 0.15) is 38.2 Å². The zero-order chi connectivity index (χ0) is 14.6. The van der Waals surface area contributed by atoms with Crippen molar-refractivity contribution in [2.45, 2.75) is 49.4 Å². The van der Waals surface area contributed by atoms with Crippen molar-refractivity contribution in [1.82, 2.24) is 5.32 Å². The van der Waals surface area contributed by atoms with Crippen molar-refractivity contribution >= 4 is 17.7 Å². The van der Waals surface area contributed by atoms with Crippen LogP contribution in [0.2, 0.25) is 0 Å². The summed E-state index contributed by atoms with van der Waals surface area (Å²) in [5, 5.41) is 3.81. The standard InChI is InChI=1S/C16H24N2OS/c1-16(17,12-7-4-3-5-8-12)15(19)18-13-9-6-10-14(11-13)20-2/h3-5,7-8,13-14H,6,9-11,17H2,1-2H3,(H,18,19). The molecule has 2 rings (SSSR count). The fourth-order valence-electron chi connectivity index (χ4n) is 2.74. The zero-order valence-electron chi connectivity index (χ0n) is 12.3. The third-order valence-corrected chi connectivity index (χ3v) is 5.23. The maximum absolute atomic E-state index is 12.5. The molecule has 0 heterocycles. The number of hydrogen-bond donors (Lipinski definition) is 2. The number of benzene rings is 1. The van der Waals surface area contributed by atoms with Gasteiger partial charge in [-0.15, -0.1) is 0 Å². The van der Waals surface area contributed by atoms with E-state index in [0.717, 1.165) is 18.4 Å². The van der Waals surface area contributed by atoms with Crippen LogP contribution >= 0.6 is 11.8 Å². The Kier molecular flexibility index (Phi) is 5.11. The molecule has 0 spiro atoms. The fraction of sp³-hybridized carbons (Fsp3) is 0.562. The summed E-state index contributed by atoms with van der Waals surface area (Å²) in [7, 11) is 0. The molecule has 0 bridgehead atoms. The van der Waals surface area contributed by atoms with E-state index in [2.05, 4.69) is 11.6 Å². The van der Waals surface area contributed by atoms with Gasteiger partial charge in [0.2, 0.25) is 5.91 Å². The third-order valence-electron chi connectivity index (χ3n) is 4.14. The van der Waals surface area contributed by atoms with Crippen LogP contribution in [0.15, 0.2) is 30.3 Å². The van der Waals surface area contributed by atoms with Gasteiger partial charge >= 0.3 is 0 Å². The molecule has 4 heteroatoms. The molecule has 1 aliphatic carbocycles. The van der Waals surface area contributed by atoms with E-state index in [4.69, 9.17) is 5.73 Å². The second-order valence-electron chi connectivity index (χ2n) is 5.76. The monoisotopic (exact) mass is 292 g/mol. The van der Waals surface area contributed by atoms with Crippen molar-refractivity contribution in [2.24, 2.45) is 5.73 Å². The largest absolute Gasteiger partial charge is 0.351 e. The van der Waals surface area contributed by atoms with E-state index in [1.54, 1.807) is 6.92 Å². The first-order valence-electron chi connectivity index (χ1n) is 7.22. The highest BCUT2D eigenvalue weighted by molar-refractivity contribution is 7.99. The molecular formula is C16H24N2OS. The summed E-state index contributed by atoms with van der Waals surface area (Å²) in [5.41, 5.74) is 6.14. The van der Waals surface area contributed by atoms with Crippen molar-refractivity contribution < 1.29 is 4.79 Å². The molecule has 1 aliphatic rings. The molecule has 3 nitrogen and oxygen atoms in total. The van der Waals surface area contributed by atoms with E-state index in [1.807, 2.05) is 42.1 Å². The Balaban J connectivity index is 2.00. The number of nitrogens with two attached hydrogens (primary N) is 1. The smallest absolute Gasteiger partial charge is 0.244 e. The van der Waals surface area contributed by atoms with Gasteiger partial charge in [0.05, 0.1) is 0 Å². The van der Waals surface area contributed by atoms with Gasteiger partial charge in [-0.25, -0.2) is 0 Å². The first-order chi connectivity index (χ1) is 9.54. The number of carbonyl (C=O) groups is 1. The molecule has 0 aliphatic heterocycles. The number of hydrogen-bond acceptors (Lipinski definition) is 3. The summed E-state index contributed by atoms with van der Waals surface area (Å²) in [5.74, 6) is -0.0737. The third kappa shape index (κ3) is 3.55. The Morgan fingerprint density at radius 1 is 1.35 bits per heavy atom. The van der Waals surface area contributed by atoms with Gasteiger partial charge in [-0.1, -0.05) is 36.8 Å². The lowest BCUT2D eigenvalue weighted by Crippen LogP contribution is -2.52. The topological polar surface area (TPSA) is 55.1 Å². The molecule has 3 N–H and O–H groups in total. The molecule has 1 aromatic rings. The van der Waals surface area contributed by atoms with Crippen molar-refractivity contribution in [3.8, 4) is 0 Å². The predicted octanol–water partition coefficient (Wildman–Crippen LogP) is 2.65. The van der Waals surface area contributed by atoms with Crippen LogP contribution < -0.4 is 11.1 Å². The highest BCUT2D eigenvalue weighted by Crippen LogP contribution is 2.27. The number of carbonyl (C=O) groups excluding carboxylic acids is 1. The summed E-state index contributed by atoms with van der Waals surface area (Å²) in [6.45, 7) is 1.78. The van der Waals surface area contributed by atoms with E-state index >= 15 is 0 Å². The van der Waals surface area contributed by atoms with Crippen molar-refractivity contribution in [3.63, 3.8) is 0 Å². The van der Waals surface area contributed by atoms with E-state index < -0.39 is 5.54 Å². The van der Waals surface area contributed by atoms with Gasteiger partial charge in [0.15, 0.2) is 0 Å². The van der Waals surface area contributed by atoms with Gasteiger partial charge < -0.3 is 11.1 Å². The van der Waals surface area contributed by atoms with Crippen LogP contribution in [-0.4, -0.2) is 23.5 Å². The number of thioether (sulfide) groups is 1. The second kappa shape index (κ2) is 6.64. The highest BCUT2D eigenvalue weighted by Gasteiger charge is 2.33. The van der Waals surface area contributed by atoms with Crippen molar-refractivity contribution in [1.29, 1.82) is 0 Å². The first-order valence-corrected chi connectivity index (χ1v) is 8.51. The van der Waals surface area contributed by atoms with E-state index in [1.165, 1.54) is 12.8 Å². The van der Waals surface area contributed by atoms with Gasteiger partial charge in [0.1, 0.15) is 5.54 Å². The maximum Gasteiger partial charge on any atom is 0.244 e. The van der Waals surface area contributed by atoms with Crippen LogP contribution in [0.4, 0.5) is 0 Å². The molecule has 0 saturated heterocycles. The molecule has 1 amide bonds. The van der Waals surface area contributed by atoms with Gasteiger partial charge in [-0.3, -0.25) is 4.79 Å². The lowest BCUT2D eigenvalue weighted by Gasteiger charge is -2.32. The first kappa shape index (κ1) is 15.4. The van der Waals surface area contributed by atoms with Gasteiger partial charge in [0.25, 0.3) is 0 Å². The molecule has 0 aromatic heterocycles. The average molecular weight is 292 g/mol. The van der Waals surface area contributed by atoms with Gasteiger partial charge in [-0.05, 0) is 38.0 Å². The maximum atomic E-state index is 12.5. The minimum atomic E-state index is -0.965. The Hall–Kier alpha value is -1.00. The van der Waals surface area contributed by atoms with Crippen LogP contribution in [0, 0.1) is 0 Å². The summed E-state index contributed by atoms with van der Waals surface area (Å²) in [6.07, 6.45) is 6.70. The SMILES string of the molecule is CSC1CCCC(NC(=O)C(C)(N)c2ccccc2)C1. The van der Waals surface area contributed by atoms with Crippen molar-refractivity contribution in [2.75, 3.05) is 6.26 Å². The molecular weight excluding hydrogens is 268 g/mol. The molecule has 110 valence electrons. The molecule has 1 aromatic carbocycles. The Morgan fingerprint density at radius 3 is 2.70 bits per heavy atom. The molecule has 0 radical (unpaired) electrons. The second-order valence-corrected chi connectivity index (χ2v) is 6.90. The minimum absolute atomic E-state index is 0.0737. The van der Waals surface area contributed by atoms with E-state index in [-0.39, 0.29) is 11.9 Å². The zero-order valence-corrected chi connectivity index (χ0v) is 13.1. The molecule has 3 atom stereocenters. The lowest BCUT2D eigenvalue weighted by atomic mass is 9.90. The van der Waals surface area contributed by atoms with E-state index in [0.29, 0.717) is 5.25 Å². The molecule has 20 heavy (non-hydrogen) atoms. The fourth-order valence-corrected chi connectivity index (χ4v) is 3.57. The van der Waals surface area contributed by atoms with Gasteiger partial charge in [-0.2, -0.15) is 11.8 Å². The quantitative estimate of drug-likeness (QED) is 0.897. The summed E-state index contributed by atoms with van der Waals surface area (Å²) in [6, 6.07) is 9.84. The van der Waals surface area contributed by atoms with E-state index in [9.17, 15) is 4.79 Å². The number of amides is 1. The summed E-state index contributed by atoms with van der Waals surface area (Å²) in [4.78, 5) is 12.5. The number of rotatable bonds is 4. The Bertz CT molecular complexity index is 447. The van der Waals surface area contributed by atoms with Gasteiger partial charge in [0, 0.05) is 11.3 Å². The average Bonchev–Trinajstić information content (AvgIpc) is 2.48. The summed E-state index contributed by atoms with van der Waals surface area (Å²) < 4.78 is 0. The van der Waals surface area contributed by atoms with Crippen LogP contribution in [0.25, 0.3) is 0 Å². The number of nitrogens with one attached hydrogen (secondary N) is 1. The normalized spacial score (nSPS) is 25.8. The molecule has 1 fully saturated rings. The molecule has 3 unspecified atom stereocenters. The Labute approximate surface area is 125 Å². The van der Waals surface area contributed by atoms with Crippen LogP contribution in [0.3, 0.4) is 0 Å². The Morgan fingerprint density at radius 2 is 2.05 bits per heavy atom. The van der Waals surface area contributed by atoms with Crippen LogP contribution in [-0.2, 0) is 10.3 Å². The lowest BCUT2D eigenvalue weighted by molar-refractivity contribution is -0.127. The predicted molar refractivity (Wildman–Crippen MR) is 85.7 cm³/mol. The van der Waals surface area contributed by atoms with Crippen molar-refractivity contribution in [3.05, 3.63) is 35.9 Å². The molecule has 1 saturated carbocycles. The highest BCUT2D eigenvalue weighted by atomic mass is 32.2. The van der Waals surface area contributed by atoms with Crippen LogP contribution in [0.5, 0.6) is 0 Å².